The van der Waals surface area contributed by atoms with Gasteiger partial charge in [-0.1, -0.05) is 6.92 Å². The van der Waals surface area contributed by atoms with E-state index in [1.54, 1.807) is 0 Å². The van der Waals surface area contributed by atoms with Crippen molar-refractivity contribution in [3.05, 3.63) is 0 Å². The van der Waals surface area contributed by atoms with Crippen LogP contribution in [-0.4, -0.2) is 18.4 Å². The highest BCUT2D eigenvalue weighted by atomic mass is 16.5. The summed E-state index contributed by atoms with van der Waals surface area (Å²) in [5.41, 5.74) is 0. The summed E-state index contributed by atoms with van der Waals surface area (Å²) in [6.07, 6.45) is 2.16. The molecule has 3 nitrogen and oxygen atoms in total. The van der Waals surface area contributed by atoms with Crippen LogP contribution in [0.1, 0.15) is 34.1 Å². The second-order valence-corrected chi connectivity index (χ2v) is 2.49. The third-order valence-electron chi connectivity index (χ3n) is 1.08. The van der Waals surface area contributed by atoms with Gasteiger partial charge in [0.1, 0.15) is 0 Å². The number of rotatable bonds is 3. The fourth-order valence-electron chi connectivity index (χ4n) is 0.561. The summed E-state index contributed by atoms with van der Waals surface area (Å²) < 4.78 is 5.40. The fourth-order valence-corrected chi connectivity index (χ4v) is 0.561. The molecule has 0 saturated carbocycles. The minimum absolute atomic E-state index is 0.250. The van der Waals surface area contributed by atoms with E-state index in [-0.39, 0.29) is 6.15 Å². The third kappa shape index (κ3) is 17.6. The minimum Gasteiger partial charge on any atom is -0.376 e. The molecule has 0 aromatic rings. The normalized spacial score (nSPS) is 11.4. The first-order valence-electron chi connectivity index (χ1n) is 3.73. The topological polar surface area (TPSA) is 43.4 Å². The van der Waals surface area contributed by atoms with Crippen LogP contribution in [0.4, 0.5) is 0 Å². The molecule has 0 spiro atoms. The van der Waals surface area contributed by atoms with Crippen LogP contribution in [0.25, 0.3) is 0 Å². The molecule has 0 heterocycles. The molecule has 0 N–H and O–H groups in total. The Morgan fingerprint density at radius 1 is 1.27 bits per heavy atom. The van der Waals surface area contributed by atoms with E-state index in [1.807, 2.05) is 0 Å². The summed E-state index contributed by atoms with van der Waals surface area (Å²) >= 11 is 0. The summed E-state index contributed by atoms with van der Waals surface area (Å²) in [4.78, 5) is 16.2. The zero-order valence-electron chi connectivity index (χ0n) is 7.59. The van der Waals surface area contributed by atoms with Gasteiger partial charge in [-0.3, -0.25) is 0 Å². The van der Waals surface area contributed by atoms with E-state index < -0.39 is 0 Å². The molecule has 0 aliphatic carbocycles. The van der Waals surface area contributed by atoms with Gasteiger partial charge < -0.3 is 4.74 Å². The molecule has 3 heteroatoms. The zero-order valence-corrected chi connectivity index (χ0v) is 7.59. The molecule has 0 unspecified atom stereocenters. The quantitative estimate of drug-likeness (QED) is 0.630. The Morgan fingerprint density at radius 3 is 1.73 bits per heavy atom. The zero-order chi connectivity index (χ0) is 9.28. The molecule has 0 aromatic carbocycles. The summed E-state index contributed by atoms with van der Waals surface area (Å²) in [6.45, 7) is 8.35. The molecule has 11 heavy (non-hydrogen) atoms. The summed E-state index contributed by atoms with van der Waals surface area (Å²) in [5, 5.41) is 0. The average Bonchev–Trinajstić information content (AvgIpc) is 1.88. The fraction of sp³-hybridized carbons (Fsp3) is 0.875. The lowest BCUT2D eigenvalue weighted by molar-refractivity contribution is -0.191. The van der Waals surface area contributed by atoms with E-state index >= 15 is 0 Å². The maximum Gasteiger partial charge on any atom is 0.373 e. The monoisotopic (exact) mass is 160 g/mol. The summed E-state index contributed by atoms with van der Waals surface area (Å²) in [6, 6.07) is 0. The molecule has 0 aromatic heterocycles. The summed E-state index contributed by atoms with van der Waals surface area (Å²) in [7, 11) is 0. The van der Waals surface area contributed by atoms with Crippen LogP contribution >= 0.6 is 0 Å². The lowest BCUT2D eigenvalue weighted by Gasteiger charge is -2.12. The van der Waals surface area contributed by atoms with Gasteiger partial charge in [-0.25, -0.2) is 0 Å². The van der Waals surface area contributed by atoms with Crippen LogP contribution in [0.5, 0.6) is 0 Å². The highest BCUT2D eigenvalue weighted by Crippen LogP contribution is 1.99. The maximum atomic E-state index is 8.12. The van der Waals surface area contributed by atoms with Crippen molar-refractivity contribution in [1.82, 2.24) is 0 Å². The van der Waals surface area contributed by atoms with Gasteiger partial charge >= 0.3 is 6.15 Å². The highest BCUT2D eigenvalue weighted by molar-refractivity contribution is 5.20. The Kier molecular flexibility index (Phi) is 11.0. The van der Waals surface area contributed by atoms with Crippen LogP contribution < -0.4 is 0 Å². The second-order valence-electron chi connectivity index (χ2n) is 2.49. The average molecular weight is 160 g/mol. The Morgan fingerprint density at radius 2 is 1.64 bits per heavy atom. The van der Waals surface area contributed by atoms with Gasteiger partial charge in [-0.15, -0.1) is 0 Å². The SMILES string of the molecule is CC[C@H](C)OC(C)C.O=C=O. The van der Waals surface area contributed by atoms with E-state index in [2.05, 4.69) is 27.7 Å². The molecular formula is C8H16O3. The van der Waals surface area contributed by atoms with E-state index in [1.165, 1.54) is 0 Å². The molecule has 0 bridgehead atoms. The Hall–Kier alpha value is -0.660. The highest BCUT2D eigenvalue weighted by Gasteiger charge is 1.99. The van der Waals surface area contributed by atoms with Crippen molar-refractivity contribution in [3.8, 4) is 0 Å². The predicted molar refractivity (Wildman–Crippen MR) is 41.0 cm³/mol. The number of ether oxygens (including phenoxy) is 1. The van der Waals surface area contributed by atoms with E-state index in [4.69, 9.17) is 14.3 Å². The van der Waals surface area contributed by atoms with E-state index in [9.17, 15) is 0 Å². The largest absolute Gasteiger partial charge is 0.376 e. The van der Waals surface area contributed by atoms with Crippen molar-refractivity contribution < 1.29 is 14.3 Å². The van der Waals surface area contributed by atoms with E-state index in [0.29, 0.717) is 12.2 Å². The first-order chi connectivity index (χ1) is 5.08. The summed E-state index contributed by atoms with van der Waals surface area (Å²) in [5.74, 6) is 0. The lowest BCUT2D eigenvalue weighted by Crippen LogP contribution is -2.12. The first-order valence-corrected chi connectivity index (χ1v) is 3.73. The molecule has 0 rings (SSSR count). The van der Waals surface area contributed by atoms with Crippen molar-refractivity contribution >= 4 is 6.15 Å². The van der Waals surface area contributed by atoms with Gasteiger partial charge in [0, 0.05) is 0 Å². The van der Waals surface area contributed by atoms with Crippen LogP contribution in [0.3, 0.4) is 0 Å². The van der Waals surface area contributed by atoms with Crippen molar-refractivity contribution in [3.63, 3.8) is 0 Å². The smallest absolute Gasteiger partial charge is 0.373 e. The molecule has 0 aliphatic heterocycles. The molecule has 66 valence electrons. The predicted octanol–water partition coefficient (Wildman–Crippen LogP) is 1.63. The van der Waals surface area contributed by atoms with Gasteiger partial charge in [0.2, 0.25) is 0 Å². The van der Waals surface area contributed by atoms with Crippen LogP contribution in [0.2, 0.25) is 0 Å². The van der Waals surface area contributed by atoms with Gasteiger partial charge in [-0.05, 0) is 27.2 Å². The standard InChI is InChI=1S/C7H16O.CO2/c1-5-7(4)8-6(2)3;2-1-3/h6-7H,5H2,1-4H3;/t7-;/m0./s1. The maximum absolute atomic E-state index is 8.12. The van der Waals surface area contributed by atoms with Gasteiger partial charge in [0.25, 0.3) is 0 Å². The molecule has 0 fully saturated rings. The van der Waals surface area contributed by atoms with Crippen molar-refractivity contribution in [2.45, 2.75) is 46.3 Å². The van der Waals surface area contributed by atoms with Gasteiger partial charge in [0.05, 0.1) is 12.2 Å². The second kappa shape index (κ2) is 9.34. The van der Waals surface area contributed by atoms with Crippen LogP contribution in [0, 0.1) is 0 Å². The molecule has 0 saturated heterocycles. The molecular weight excluding hydrogens is 144 g/mol. The van der Waals surface area contributed by atoms with Crippen LogP contribution in [0.15, 0.2) is 0 Å². The van der Waals surface area contributed by atoms with E-state index in [0.717, 1.165) is 6.42 Å². The van der Waals surface area contributed by atoms with Crippen molar-refractivity contribution in [1.29, 1.82) is 0 Å². The Labute approximate surface area is 67.7 Å². The van der Waals surface area contributed by atoms with Gasteiger partial charge in [0.15, 0.2) is 0 Å². The third-order valence-corrected chi connectivity index (χ3v) is 1.08. The van der Waals surface area contributed by atoms with Crippen LogP contribution in [-0.2, 0) is 14.3 Å². The lowest BCUT2D eigenvalue weighted by atomic mass is 10.3. The number of hydrogen-bond donors (Lipinski definition) is 0. The molecule has 0 amide bonds. The Balaban J connectivity index is 0. The number of hydrogen-bond acceptors (Lipinski definition) is 3. The molecule has 0 radical (unpaired) electrons. The Bertz CT molecular complexity index is 104. The van der Waals surface area contributed by atoms with Crippen molar-refractivity contribution in [2.24, 2.45) is 0 Å². The van der Waals surface area contributed by atoms with Gasteiger partial charge in [-0.2, -0.15) is 9.59 Å². The minimum atomic E-state index is 0.250. The first kappa shape index (κ1) is 13.0. The van der Waals surface area contributed by atoms with Crippen molar-refractivity contribution in [2.75, 3.05) is 0 Å². The molecule has 0 aliphatic rings. The number of carbonyl (C=O) groups excluding carboxylic acids is 2. The molecule has 1 atom stereocenters.